The van der Waals surface area contributed by atoms with Gasteiger partial charge in [-0.3, -0.25) is 0 Å². The molecular formula is C25H37N5O2. The number of benzene rings is 1. The van der Waals surface area contributed by atoms with Gasteiger partial charge in [-0.15, -0.1) is 0 Å². The summed E-state index contributed by atoms with van der Waals surface area (Å²) in [7, 11) is 0. The minimum atomic E-state index is 0.234. The molecule has 1 aromatic heterocycles. The summed E-state index contributed by atoms with van der Waals surface area (Å²) in [6.07, 6.45) is 9.94. The van der Waals surface area contributed by atoms with Gasteiger partial charge in [-0.2, -0.15) is 0 Å². The predicted octanol–water partition coefficient (Wildman–Crippen LogP) is 4.14. The van der Waals surface area contributed by atoms with E-state index in [-0.39, 0.29) is 6.03 Å². The summed E-state index contributed by atoms with van der Waals surface area (Å²) in [6, 6.07) is 7.64. The maximum atomic E-state index is 12.7. The molecule has 0 bridgehead atoms. The first-order valence-corrected chi connectivity index (χ1v) is 12.6. The van der Waals surface area contributed by atoms with E-state index in [9.17, 15) is 4.79 Å². The summed E-state index contributed by atoms with van der Waals surface area (Å²) in [5.41, 5.74) is 2.15. The Morgan fingerprint density at radius 1 is 1.03 bits per heavy atom. The molecule has 0 unspecified atom stereocenters. The molecule has 2 aromatic rings. The van der Waals surface area contributed by atoms with Crippen LogP contribution in [0.15, 0.2) is 24.5 Å². The standard InChI is InChI=1S/C25H37N5O2/c1-20-6-4-13-27(20)14-5-17-32-22-7-8-24-23(18-22)26-19-30(24)21-9-15-29(16-10-21)25(31)28-11-2-3-12-28/h7-8,18-21H,2-6,9-17H2,1H3/t20-/m1/s1. The lowest BCUT2D eigenvalue weighted by Gasteiger charge is -2.35. The molecule has 4 heterocycles. The molecule has 7 heteroatoms. The molecule has 1 aromatic carbocycles. The van der Waals surface area contributed by atoms with Crippen LogP contribution in [0.2, 0.25) is 0 Å². The molecule has 32 heavy (non-hydrogen) atoms. The molecule has 0 aliphatic carbocycles. The van der Waals surface area contributed by atoms with Crippen LogP contribution in [-0.4, -0.2) is 82.2 Å². The average Bonchev–Trinajstić information content (AvgIpc) is 3.58. The molecule has 3 aliphatic rings. The van der Waals surface area contributed by atoms with E-state index in [1.807, 2.05) is 16.1 Å². The van der Waals surface area contributed by atoms with E-state index in [1.54, 1.807) is 0 Å². The number of piperidine rings is 1. The maximum Gasteiger partial charge on any atom is 0.319 e. The topological polar surface area (TPSA) is 53.8 Å². The maximum absolute atomic E-state index is 12.7. The van der Waals surface area contributed by atoms with Crippen molar-refractivity contribution in [1.29, 1.82) is 0 Å². The normalized spacial score (nSPS) is 22.8. The zero-order valence-corrected chi connectivity index (χ0v) is 19.4. The van der Waals surface area contributed by atoms with Crippen LogP contribution in [0.1, 0.15) is 57.9 Å². The highest BCUT2D eigenvalue weighted by atomic mass is 16.5. The minimum Gasteiger partial charge on any atom is -0.493 e. The first-order valence-electron chi connectivity index (χ1n) is 12.6. The molecule has 5 rings (SSSR count). The number of amides is 2. The van der Waals surface area contributed by atoms with E-state index >= 15 is 0 Å². The van der Waals surface area contributed by atoms with Crippen molar-refractivity contribution >= 4 is 17.1 Å². The Labute approximate surface area is 191 Å². The summed E-state index contributed by atoms with van der Waals surface area (Å²) in [6.45, 7) is 8.94. The van der Waals surface area contributed by atoms with E-state index in [1.165, 1.54) is 19.4 Å². The van der Waals surface area contributed by atoms with Crippen LogP contribution in [0.25, 0.3) is 11.0 Å². The third-order valence-corrected chi connectivity index (χ3v) is 7.60. The van der Waals surface area contributed by atoms with Crippen molar-refractivity contribution in [1.82, 2.24) is 24.3 Å². The number of ether oxygens (including phenoxy) is 1. The van der Waals surface area contributed by atoms with Crippen molar-refractivity contribution in [2.75, 3.05) is 45.9 Å². The van der Waals surface area contributed by atoms with Crippen LogP contribution in [0, 0.1) is 0 Å². The summed E-state index contributed by atoms with van der Waals surface area (Å²) < 4.78 is 8.33. The Morgan fingerprint density at radius 3 is 2.56 bits per heavy atom. The van der Waals surface area contributed by atoms with Crippen molar-refractivity contribution in [3.05, 3.63) is 24.5 Å². The number of urea groups is 1. The lowest BCUT2D eigenvalue weighted by molar-refractivity contribution is 0.142. The van der Waals surface area contributed by atoms with Crippen LogP contribution in [0.3, 0.4) is 0 Å². The van der Waals surface area contributed by atoms with Crippen molar-refractivity contribution in [3.8, 4) is 5.75 Å². The van der Waals surface area contributed by atoms with Gasteiger partial charge in [-0.25, -0.2) is 9.78 Å². The van der Waals surface area contributed by atoms with Crippen molar-refractivity contribution in [3.63, 3.8) is 0 Å². The molecule has 7 nitrogen and oxygen atoms in total. The van der Waals surface area contributed by atoms with Gasteiger partial charge in [-0.1, -0.05) is 0 Å². The number of hydrogen-bond donors (Lipinski definition) is 0. The van der Waals surface area contributed by atoms with Gasteiger partial charge in [0.1, 0.15) is 5.75 Å². The molecular weight excluding hydrogens is 402 g/mol. The highest BCUT2D eigenvalue weighted by Crippen LogP contribution is 2.29. The molecule has 1 atom stereocenters. The van der Waals surface area contributed by atoms with E-state index in [0.717, 1.165) is 94.3 Å². The van der Waals surface area contributed by atoms with Crippen LogP contribution in [0.5, 0.6) is 5.75 Å². The van der Waals surface area contributed by atoms with E-state index in [2.05, 4.69) is 39.6 Å². The molecule has 3 aliphatic heterocycles. The number of carbonyl (C=O) groups is 1. The first kappa shape index (κ1) is 21.6. The largest absolute Gasteiger partial charge is 0.493 e. The second kappa shape index (κ2) is 9.69. The number of aromatic nitrogens is 2. The van der Waals surface area contributed by atoms with E-state index in [0.29, 0.717) is 6.04 Å². The fourth-order valence-electron chi connectivity index (χ4n) is 5.62. The fourth-order valence-corrected chi connectivity index (χ4v) is 5.62. The molecule has 3 fully saturated rings. The van der Waals surface area contributed by atoms with Crippen LogP contribution < -0.4 is 4.74 Å². The third kappa shape index (κ3) is 4.58. The Bertz CT molecular complexity index is 914. The summed E-state index contributed by atoms with van der Waals surface area (Å²) in [5, 5.41) is 0. The number of imidazole rings is 1. The summed E-state index contributed by atoms with van der Waals surface area (Å²) >= 11 is 0. The van der Waals surface area contributed by atoms with Gasteiger partial charge >= 0.3 is 6.03 Å². The third-order valence-electron chi connectivity index (χ3n) is 7.60. The SMILES string of the molecule is C[C@@H]1CCCN1CCCOc1ccc2c(c1)ncn2C1CCN(C(=O)N2CCCC2)CC1. The van der Waals surface area contributed by atoms with Gasteiger partial charge in [0.05, 0.1) is 24.0 Å². The van der Waals surface area contributed by atoms with Crippen LogP contribution in [-0.2, 0) is 0 Å². The molecule has 174 valence electrons. The second-order valence-electron chi connectivity index (χ2n) is 9.73. The number of nitrogens with zero attached hydrogens (tertiary/aromatic N) is 5. The number of fused-ring (bicyclic) bond motifs is 1. The van der Waals surface area contributed by atoms with Gasteiger partial charge in [0.15, 0.2) is 0 Å². The Kier molecular flexibility index (Phi) is 6.53. The van der Waals surface area contributed by atoms with Crippen molar-refractivity contribution in [2.24, 2.45) is 0 Å². The number of carbonyl (C=O) groups excluding carboxylic acids is 1. The lowest BCUT2D eigenvalue weighted by Crippen LogP contribution is -2.45. The first-order chi connectivity index (χ1) is 15.7. The Balaban J connectivity index is 1.13. The molecule has 0 spiro atoms. The molecule has 2 amide bonds. The number of rotatable bonds is 6. The summed E-state index contributed by atoms with van der Waals surface area (Å²) in [4.78, 5) is 23.9. The molecule has 3 saturated heterocycles. The lowest BCUT2D eigenvalue weighted by atomic mass is 10.0. The van der Waals surface area contributed by atoms with Gasteiger partial charge in [0, 0.05) is 50.9 Å². The summed E-state index contributed by atoms with van der Waals surface area (Å²) in [5.74, 6) is 0.906. The number of hydrogen-bond acceptors (Lipinski definition) is 4. The quantitative estimate of drug-likeness (QED) is 0.635. The monoisotopic (exact) mass is 439 g/mol. The Hall–Kier alpha value is -2.28. The van der Waals surface area contributed by atoms with Crippen molar-refractivity contribution < 1.29 is 9.53 Å². The van der Waals surface area contributed by atoms with Crippen LogP contribution in [0.4, 0.5) is 4.79 Å². The van der Waals surface area contributed by atoms with Gasteiger partial charge in [-0.05, 0) is 70.5 Å². The Morgan fingerprint density at radius 2 is 1.81 bits per heavy atom. The average molecular weight is 440 g/mol. The number of likely N-dealkylation sites (tertiary alicyclic amines) is 3. The van der Waals surface area contributed by atoms with Gasteiger partial charge in [0.2, 0.25) is 0 Å². The van der Waals surface area contributed by atoms with E-state index < -0.39 is 0 Å². The van der Waals surface area contributed by atoms with Crippen molar-refractivity contribution in [2.45, 2.75) is 64.0 Å². The second-order valence-corrected chi connectivity index (χ2v) is 9.73. The van der Waals surface area contributed by atoms with Gasteiger partial charge in [0.25, 0.3) is 0 Å². The predicted molar refractivity (Wildman–Crippen MR) is 126 cm³/mol. The van der Waals surface area contributed by atoms with Crippen LogP contribution >= 0.6 is 0 Å². The molecule has 0 radical (unpaired) electrons. The highest BCUT2D eigenvalue weighted by molar-refractivity contribution is 5.77. The highest BCUT2D eigenvalue weighted by Gasteiger charge is 2.28. The van der Waals surface area contributed by atoms with E-state index in [4.69, 9.17) is 4.74 Å². The zero-order valence-electron chi connectivity index (χ0n) is 19.4. The van der Waals surface area contributed by atoms with Gasteiger partial charge < -0.3 is 24.0 Å². The molecule has 0 N–H and O–H groups in total. The smallest absolute Gasteiger partial charge is 0.319 e. The molecule has 0 saturated carbocycles. The minimum absolute atomic E-state index is 0.234. The fraction of sp³-hybridized carbons (Fsp3) is 0.680. The zero-order chi connectivity index (χ0) is 21.9.